The lowest BCUT2D eigenvalue weighted by Gasteiger charge is -2.32. The fourth-order valence-electron chi connectivity index (χ4n) is 2.94. The lowest BCUT2D eigenvalue weighted by atomic mass is 10.2. The maximum Gasteiger partial charge on any atom is 0.327 e. The molecule has 1 aliphatic carbocycles. The van der Waals surface area contributed by atoms with Crippen molar-refractivity contribution < 1.29 is 23.1 Å². The number of nitrogens with zero attached hydrogens (tertiary/aromatic N) is 1. The molecule has 0 bridgehead atoms. The van der Waals surface area contributed by atoms with Gasteiger partial charge in [-0.3, -0.25) is 9.10 Å². The number of carbonyl (C=O) groups is 1. The van der Waals surface area contributed by atoms with Gasteiger partial charge in [0.2, 0.25) is 0 Å². The number of hydrogen-bond acceptors (Lipinski definition) is 4. The number of ether oxygens (including phenoxy) is 1. The molecule has 2 unspecified atom stereocenters. The topological polar surface area (TPSA) is 83.9 Å². The first kappa shape index (κ1) is 13.2. The molecule has 1 N–H and O–H groups in total. The van der Waals surface area contributed by atoms with Crippen molar-refractivity contribution in [2.75, 3.05) is 18.0 Å². The van der Waals surface area contributed by atoms with Gasteiger partial charge in [-0.1, -0.05) is 0 Å². The number of fused-ring (bicyclic) bond motifs is 1. The molecule has 2 aliphatic rings. The first-order chi connectivity index (χ1) is 9.43. The van der Waals surface area contributed by atoms with Gasteiger partial charge in [-0.15, -0.1) is 0 Å². The van der Waals surface area contributed by atoms with Crippen LogP contribution in [0.1, 0.15) is 12.8 Å². The Morgan fingerprint density at radius 2 is 2.05 bits per heavy atom. The molecule has 0 radical (unpaired) electrons. The third-order valence-electron chi connectivity index (χ3n) is 4.20. The zero-order valence-electron chi connectivity index (χ0n) is 10.9. The van der Waals surface area contributed by atoms with E-state index in [2.05, 4.69) is 0 Å². The molecule has 2 fully saturated rings. The summed E-state index contributed by atoms with van der Waals surface area (Å²) in [7, 11) is -2.34. The zero-order valence-corrected chi connectivity index (χ0v) is 11.8. The predicted molar refractivity (Wildman–Crippen MR) is 72.4 cm³/mol. The molecule has 6 nitrogen and oxygen atoms in total. The van der Waals surface area contributed by atoms with Gasteiger partial charge in [0, 0.05) is 6.54 Å². The largest absolute Gasteiger partial charge is 0.497 e. The third-order valence-corrected chi connectivity index (χ3v) is 6.77. The molecule has 1 aromatic carbocycles. The molecule has 7 heteroatoms. The highest BCUT2D eigenvalue weighted by Crippen LogP contribution is 2.57. The number of carboxylic acids is 1. The molecule has 1 saturated carbocycles. The fraction of sp³-hybridized carbons (Fsp3) is 0.462. The number of sulfonamides is 1. The van der Waals surface area contributed by atoms with Gasteiger partial charge in [0.15, 0.2) is 4.75 Å². The quantitative estimate of drug-likeness (QED) is 0.902. The lowest BCUT2D eigenvalue weighted by molar-refractivity contribution is -0.137. The third kappa shape index (κ3) is 1.56. The summed E-state index contributed by atoms with van der Waals surface area (Å²) in [6, 6.07) is 6.60. The number of benzene rings is 1. The highest BCUT2D eigenvalue weighted by atomic mass is 32.2. The summed E-state index contributed by atoms with van der Waals surface area (Å²) in [5, 5.41) is 9.30. The second-order valence-corrected chi connectivity index (χ2v) is 7.28. The molecule has 20 heavy (non-hydrogen) atoms. The van der Waals surface area contributed by atoms with Crippen LogP contribution in [0.15, 0.2) is 24.3 Å². The number of rotatable bonds is 3. The number of aliphatic carboxylic acids is 1. The molecule has 0 spiro atoms. The zero-order chi connectivity index (χ0) is 14.5. The van der Waals surface area contributed by atoms with E-state index in [0.29, 0.717) is 24.4 Å². The van der Waals surface area contributed by atoms with Crippen molar-refractivity contribution >= 4 is 21.7 Å². The molecule has 0 amide bonds. The Hall–Kier alpha value is -1.76. The van der Waals surface area contributed by atoms with Gasteiger partial charge in [-0.2, -0.15) is 0 Å². The van der Waals surface area contributed by atoms with Crippen LogP contribution in [0.5, 0.6) is 5.75 Å². The molecule has 0 aromatic heterocycles. The minimum absolute atomic E-state index is 0.220. The Kier molecular flexibility index (Phi) is 2.72. The number of carboxylic acid groups (broad SMARTS) is 1. The average Bonchev–Trinajstić information content (AvgIpc) is 3.16. The first-order valence-corrected chi connectivity index (χ1v) is 7.77. The fourth-order valence-corrected chi connectivity index (χ4v) is 5.25. The highest BCUT2D eigenvalue weighted by Gasteiger charge is 2.73. The molecule has 1 aromatic rings. The summed E-state index contributed by atoms with van der Waals surface area (Å²) in [6.07, 6.45) is 0.800. The van der Waals surface area contributed by atoms with Crippen molar-refractivity contribution in [2.45, 2.75) is 17.6 Å². The Morgan fingerprint density at radius 1 is 1.40 bits per heavy atom. The van der Waals surface area contributed by atoms with Crippen molar-refractivity contribution in [3.63, 3.8) is 0 Å². The van der Waals surface area contributed by atoms with E-state index in [9.17, 15) is 18.3 Å². The summed E-state index contributed by atoms with van der Waals surface area (Å²) in [6.45, 7) is 0.328. The second-order valence-electron chi connectivity index (χ2n) is 5.16. The van der Waals surface area contributed by atoms with E-state index < -0.39 is 20.7 Å². The molecule has 1 saturated heterocycles. The van der Waals surface area contributed by atoms with Crippen LogP contribution in [0.4, 0.5) is 5.69 Å². The monoisotopic (exact) mass is 297 g/mol. The maximum atomic E-state index is 12.6. The Labute approximate surface area is 117 Å². The van der Waals surface area contributed by atoms with Crippen molar-refractivity contribution in [1.82, 2.24) is 0 Å². The Bertz CT molecular complexity index is 654. The van der Waals surface area contributed by atoms with Crippen LogP contribution in [0.2, 0.25) is 0 Å². The van der Waals surface area contributed by atoms with Crippen molar-refractivity contribution in [3.8, 4) is 5.75 Å². The van der Waals surface area contributed by atoms with Crippen LogP contribution in [-0.2, 0) is 14.8 Å². The molecule has 3 rings (SSSR count). The SMILES string of the molecule is COc1ccc(N2CCC3CC3(C(=O)O)S2(=O)=O)cc1. The number of anilines is 1. The normalized spacial score (nSPS) is 30.4. The Balaban J connectivity index is 2.00. The van der Waals surface area contributed by atoms with E-state index in [0.717, 1.165) is 0 Å². The van der Waals surface area contributed by atoms with Crippen LogP contribution < -0.4 is 9.04 Å². The molecule has 1 aliphatic heterocycles. The molecule has 2 atom stereocenters. The van der Waals surface area contributed by atoms with Crippen molar-refractivity contribution in [3.05, 3.63) is 24.3 Å². The van der Waals surface area contributed by atoms with Crippen LogP contribution >= 0.6 is 0 Å². The highest BCUT2D eigenvalue weighted by molar-refractivity contribution is 7.95. The molecular formula is C13H15NO5S. The van der Waals surface area contributed by atoms with Gasteiger partial charge in [0.05, 0.1) is 12.8 Å². The van der Waals surface area contributed by atoms with E-state index in [1.54, 1.807) is 24.3 Å². The summed E-state index contributed by atoms with van der Waals surface area (Å²) >= 11 is 0. The summed E-state index contributed by atoms with van der Waals surface area (Å²) in [5.41, 5.74) is 0.483. The number of methoxy groups -OCH3 is 1. The summed E-state index contributed by atoms with van der Waals surface area (Å²) in [5.74, 6) is -0.861. The van der Waals surface area contributed by atoms with Crippen molar-refractivity contribution in [2.24, 2.45) is 5.92 Å². The van der Waals surface area contributed by atoms with E-state index >= 15 is 0 Å². The average molecular weight is 297 g/mol. The lowest BCUT2D eigenvalue weighted by Crippen LogP contribution is -2.49. The predicted octanol–water partition coefficient (Wildman–Crippen LogP) is 1.08. The maximum absolute atomic E-state index is 12.6. The summed E-state index contributed by atoms with van der Waals surface area (Å²) in [4.78, 5) is 11.4. The van der Waals surface area contributed by atoms with E-state index in [4.69, 9.17) is 4.74 Å². The number of hydrogen-bond donors (Lipinski definition) is 1. The molecule has 108 valence electrons. The first-order valence-electron chi connectivity index (χ1n) is 6.33. The van der Waals surface area contributed by atoms with Gasteiger partial charge < -0.3 is 9.84 Å². The van der Waals surface area contributed by atoms with Crippen LogP contribution in [0.3, 0.4) is 0 Å². The second kappa shape index (κ2) is 4.12. The minimum atomic E-state index is -3.87. The van der Waals surface area contributed by atoms with Crippen LogP contribution in [-0.4, -0.2) is 37.9 Å². The summed E-state index contributed by atoms with van der Waals surface area (Å²) < 4.78 is 29.8. The van der Waals surface area contributed by atoms with Gasteiger partial charge in [0.25, 0.3) is 10.0 Å². The molecule has 1 heterocycles. The smallest absolute Gasteiger partial charge is 0.327 e. The van der Waals surface area contributed by atoms with Gasteiger partial charge in [0.1, 0.15) is 5.75 Å². The van der Waals surface area contributed by atoms with Gasteiger partial charge >= 0.3 is 5.97 Å². The Morgan fingerprint density at radius 3 is 2.60 bits per heavy atom. The van der Waals surface area contributed by atoms with Gasteiger partial charge in [-0.05, 0) is 43.0 Å². The van der Waals surface area contributed by atoms with Crippen LogP contribution in [0.25, 0.3) is 0 Å². The van der Waals surface area contributed by atoms with E-state index in [1.807, 2.05) is 0 Å². The van der Waals surface area contributed by atoms with Crippen LogP contribution in [0, 0.1) is 5.92 Å². The van der Waals surface area contributed by atoms with E-state index in [1.165, 1.54) is 11.4 Å². The minimum Gasteiger partial charge on any atom is -0.497 e. The van der Waals surface area contributed by atoms with Gasteiger partial charge in [-0.25, -0.2) is 8.42 Å². The standard InChI is InChI=1S/C13H15NO5S/c1-19-11-4-2-10(3-5-11)14-7-6-9-8-13(9,12(15)16)20(14,17)18/h2-5,9H,6-8H2,1H3,(H,15,16). The van der Waals surface area contributed by atoms with Crippen molar-refractivity contribution in [1.29, 1.82) is 0 Å². The molecular weight excluding hydrogens is 282 g/mol. The van der Waals surface area contributed by atoms with E-state index in [-0.39, 0.29) is 12.3 Å².